The van der Waals surface area contributed by atoms with Crippen molar-refractivity contribution >= 4 is 11.9 Å². The van der Waals surface area contributed by atoms with Crippen molar-refractivity contribution in [1.82, 2.24) is 9.80 Å². The maximum absolute atomic E-state index is 10.4. The SMILES string of the molecule is CCCCCCCCCCCCCCCCCCN(C)CCC(=O)[O-].CCCCCCCCCCCCCCCCCCN(C)CCC(=O)[O-].[Co+2]. The van der Waals surface area contributed by atoms with E-state index in [4.69, 9.17) is 0 Å². The molecule has 0 aromatic carbocycles. The molecule has 0 fully saturated rings. The van der Waals surface area contributed by atoms with Crippen molar-refractivity contribution in [2.45, 2.75) is 232 Å². The van der Waals surface area contributed by atoms with Crippen molar-refractivity contribution in [3.05, 3.63) is 0 Å². The fourth-order valence-corrected chi connectivity index (χ4v) is 6.65. The van der Waals surface area contributed by atoms with Crippen LogP contribution in [-0.4, -0.2) is 62.0 Å². The third-order valence-electron chi connectivity index (χ3n) is 10.2. The molecular formula is C44H88CoN2O4. The Balaban J connectivity index is -0.000000886. The van der Waals surface area contributed by atoms with Gasteiger partial charge in [0.25, 0.3) is 0 Å². The molecule has 0 N–H and O–H groups in total. The van der Waals surface area contributed by atoms with Crippen LogP contribution in [0.15, 0.2) is 0 Å². The van der Waals surface area contributed by atoms with Crippen LogP contribution in [0.2, 0.25) is 0 Å². The second-order valence-electron chi connectivity index (χ2n) is 15.5. The Morgan fingerprint density at radius 2 is 0.510 bits per heavy atom. The van der Waals surface area contributed by atoms with Gasteiger partial charge in [0.05, 0.1) is 0 Å². The van der Waals surface area contributed by atoms with Gasteiger partial charge >= 0.3 is 16.8 Å². The third-order valence-corrected chi connectivity index (χ3v) is 10.2. The first kappa shape index (κ1) is 54.7. The van der Waals surface area contributed by atoms with E-state index >= 15 is 0 Å². The molecule has 0 spiro atoms. The largest absolute Gasteiger partial charge is 2.00 e. The van der Waals surface area contributed by atoms with Crippen LogP contribution in [0, 0.1) is 0 Å². The molecule has 0 aliphatic heterocycles. The summed E-state index contributed by atoms with van der Waals surface area (Å²) in [5.74, 6) is -1.89. The minimum atomic E-state index is -0.946. The second kappa shape index (κ2) is 47.4. The molecule has 0 aliphatic carbocycles. The summed E-state index contributed by atoms with van der Waals surface area (Å²) < 4.78 is 0. The molecule has 0 atom stereocenters. The predicted molar refractivity (Wildman–Crippen MR) is 213 cm³/mol. The van der Waals surface area contributed by atoms with Crippen molar-refractivity contribution in [1.29, 1.82) is 0 Å². The predicted octanol–water partition coefficient (Wildman–Crippen LogP) is 10.6. The third kappa shape index (κ3) is 53.8. The summed E-state index contributed by atoms with van der Waals surface area (Å²) in [6, 6.07) is 0. The number of carboxylic acid groups (broad SMARTS) is 2. The van der Waals surface area contributed by atoms with Gasteiger partial charge in [-0.2, -0.15) is 0 Å². The Morgan fingerprint density at radius 1 is 0.333 bits per heavy atom. The van der Waals surface area contributed by atoms with Gasteiger partial charge in [-0.15, -0.1) is 0 Å². The first-order valence-corrected chi connectivity index (χ1v) is 22.1. The van der Waals surface area contributed by atoms with Crippen LogP contribution in [0.1, 0.15) is 232 Å². The molecule has 0 amide bonds. The van der Waals surface area contributed by atoms with Crippen LogP contribution in [0.3, 0.4) is 0 Å². The summed E-state index contributed by atoms with van der Waals surface area (Å²) in [6.07, 6.45) is 44.7. The van der Waals surface area contributed by atoms with E-state index in [1.54, 1.807) is 0 Å². The molecule has 0 aromatic heterocycles. The molecule has 0 saturated heterocycles. The van der Waals surface area contributed by atoms with Gasteiger partial charge in [0.15, 0.2) is 0 Å². The Labute approximate surface area is 329 Å². The van der Waals surface area contributed by atoms with E-state index in [-0.39, 0.29) is 29.6 Å². The van der Waals surface area contributed by atoms with Gasteiger partial charge in [0, 0.05) is 25.0 Å². The van der Waals surface area contributed by atoms with Crippen LogP contribution in [0.25, 0.3) is 0 Å². The molecule has 0 heterocycles. The van der Waals surface area contributed by atoms with E-state index in [0.717, 1.165) is 13.1 Å². The van der Waals surface area contributed by atoms with E-state index in [1.165, 1.54) is 205 Å². The molecule has 1 radical (unpaired) electrons. The zero-order chi connectivity index (χ0) is 37.2. The second-order valence-corrected chi connectivity index (χ2v) is 15.5. The molecule has 7 heteroatoms. The minimum absolute atomic E-state index is 0. The number of aliphatic carboxylic acids is 2. The Bertz CT molecular complexity index is 626. The first-order valence-electron chi connectivity index (χ1n) is 22.1. The summed E-state index contributed by atoms with van der Waals surface area (Å²) in [7, 11) is 3.99. The summed E-state index contributed by atoms with van der Waals surface area (Å²) >= 11 is 0. The monoisotopic (exact) mass is 768 g/mol. The quantitative estimate of drug-likeness (QED) is 0.0577. The number of carbonyl (C=O) groups excluding carboxylic acids is 2. The van der Waals surface area contributed by atoms with E-state index < -0.39 is 11.9 Å². The first-order chi connectivity index (χ1) is 24.3. The van der Waals surface area contributed by atoms with Crippen molar-refractivity contribution in [3.8, 4) is 0 Å². The number of nitrogens with zero attached hydrogens (tertiary/aromatic N) is 2. The Hall–Kier alpha value is -0.634. The van der Waals surface area contributed by atoms with E-state index in [0.29, 0.717) is 13.1 Å². The van der Waals surface area contributed by atoms with Gasteiger partial charge in [-0.1, -0.05) is 206 Å². The molecule has 0 aromatic rings. The summed E-state index contributed by atoms with van der Waals surface area (Å²) in [4.78, 5) is 25.0. The Morgan fingerprint density at radius 3 is 0.686 bits per heavy atom. The number of hydrogen-bond donors (Lipinski definition) is 0. The van der Waals surface area contributed by atoms with E-state index in [1.807, 2.05) is 14.1 Å². The molecule has 0 saturated carbocycles. The topological polar surface area (TPSA) is 86.7 Å². The van der Waals surface area contributed by atoms with Gasteiger partial charge < -0.3 is 29.6 Å². The summed E-state index contributed by atoms with van der Waals surface area (Å²) in [6.45, 7) is 7.79. The smallest absolute Gasteiger partial charge is 0.550 e. The number of unbranched alkanes of at least 4 members (excludes halogenated alkanes) is 30. The fraction of sp³-hybridized carbons (Fsp3) is 0.955. The van der Waals surface area contributed by atoms with Crippen LogP contribution >= 0.6 is 0 Å². The molecule has 6 nitrogen and oxygen atoms in total. The molecule has 51 heavy (non-hydrogen) atoms. The Kier molecular flexibility index (Phi) is 50.8. The van der Waals surface area contributed by atoms with Crippen molar-refractivity contribution in [2.75, 3.05) is 40.3 Å². The normalized spacial score (nSPS) is 11.1. The number of carboxylic acids is 2. The van der Waals surface area contributed by atoms with Gasteiger partial charge in [0.2, 0.25) is 0 Å². The molecule has 307 valence electrons. The van der Waals surface area contributed by atoms with Gasteiger partial charge in [0.1, 0.15) is 0 Å². The maximum Gasteiger partial charge on any atom is 2.00 e. The molecule has 0 bridgehead atoms. The zero-order valence-corrected chi connectivity index (χ0v) is 35.8. The number of carbonyl (C=O) groups is 2. The molecule has 0 aliphatic rings. The van der Waals surface area contributed by atoms with Gasteiger partial charge in [-0.05, 0) is 52.9 Å². The number of hydrogen-bond acceptors (Lipinski definition) is 6. The standard InChI is InChI=1S/2C22H45NO2.Co/c2*1-3-4-5-6-7-8-9-10-11-12-13-14-15-16-17-18-20-23(2)21-19-22(24)25;/h2*3-21H2,1-2H3,(H,24,25);/q;;+2/p-2. The molecular weight excluding hydrogens is 679 g/mol. The average molecular weight is 768 g/mol. The average Bonchev–Trinajstić information content (AvgIpc) is 3.09. The van der Waals surface area contributed by atoms with Crippen molar-refractivity contribution in [2.24, 2.45) is 0 Å². The fourth-order valence-electron chi connectivity index (χ4n) is 6.65. The van der Waals surface area contributed by atoms with E-state index in [9.17, 15) is 19.8 Å². The molecule has 0 rings (SSSR count). The van der Waals surface area contributed by atoms with Crippen molar-refractivity contribution < 1.29 is 36.6 Å². The van der Waals surface area contributed by atoms with Gasteiger partial charge in [-0.25, -0.2) is 0 Å². The van der Waals surface area contributed by atoms with Gasteiger partial charge in [-0.3, -0.25) is 0 Å². The molecule has 0 unspecified atom stereocenters. The zero-order valence-electron chi connectivity index (χ0n) is 34.7. The minimum Gasteiger partial charge on any atom is -0.550 e. The maximum atomic E-state index is 10.4. The van der Waals surface area contributed by atoms with Crippen LogP contribution in [0.4, 0.5) is 0 Å². The van der Waals surface area contributed by atoms with E-state index in [2.05, 4.69) is 23.6 Å². The van der Waals surface area contributed by atoms with Crippen LogP contribution in [0.5, 0.6) is 0 Å². The van der Waals surface area contributed by atoms with Crippen LogP contribution < -0.4 is 10.2 Å². The van der Waals surface area contributed by atoms with Crippen LogP contribution in [-0.2, 0) is 26.4 Å². The van der Waals surface area contributed by atoms with Crippen molar-refractivity contribution in [3.63, 3.8) is 0 Å². The summed E-state index contributed by atoms with van der Waals surface area (Å²) in [5.41, 5.74) is 0. The number of rotatable bonds is 40. The summed E-state index contributed by atoms with van der Waals surface area (Å²) in [5, 5.41) is 20.8.